The highest BCUT2D eigenvalue weighted by atomic mass is 127. The molecule has 9 nitrogen and oxygen atoms in total. The van der Waals surface area contributed by atoms with Gasteiger partial charge in [-0.1, -0.05) is 0 Å². The Hall–Kier alpha value is -2.53. The van der Waals surface area contributed by atoms with E-state index in [-0.39, 0.29) is 11.4 Å². The highest BCUT2D eigenvalue weighted by Crippen LogP contribution is 2.37. The van der Waals surface area contributed by atoms with E-state index in [9.17, 15) is 4.79 Å². The zero-order chi connectivity index (χ0) is 28.1. The standard InChI is InChI=1S/C28H35IN7O2P/c1-17-21(35(30-6)27(37)20-15-32-36(25(20)29)28(3,4)5)14-23(39)18(2)24(17)19-13-22(33-9-11-38-12-10-33)26-31-7-8-34(26)16-19/h7-8,13-16,30H,9-12,39H2,1-6H3. The van der Waals surface area contributed by atoms with Crippen molar-refractivity contribution in [2.24, 2.45) is 0 Å². The Morgan fingerprint density at radius 3 is 2.54 bits per heavy atom. The molecule has 0 saturated carbocycles. The Kier molecular flexibility index (Phi) is 7.76. The van der Waals surface area contributed by atoms with Crippen molar-refractivity contribution in [2.75, 3.05) is 43.3 Å². The fourth-order valence-corrected chi connectivity index (χ4v) is 6.69. The molecule has 5 rings (SSSR count). The van der Waals surface area contributed by atoms with Gasteiger partial charge in [-0.15, -0.1) is 9.24 Å². The van der Waals surface area contributed by atoms with Gasteiger partial charge < -0.3 is 14.0 Å². The molecular formula is C28H35IN7O2P. The number of carbonyl (C=O) groups excluding carboxylic acids is 1. The lowest BCUT2D eigenvalue weighted by atomic mass is 9.94. The number of aromatic nitrogens is 4. The maximum absolute atomic E-state index is 13.9. The Morgan fingerprint density at radius 1 is 1.18 bits per heavy atom. The smallest absolute Gasteiger partial charge is 0.276 e. The summed E-state index contributed by atoms with van der Waals surface area (Å²) in [5.41, 5.74) is 10.6. The van der Waals surface area contributed by atoms with Crippen molar-refractivity contribution >= 4 is 60.1 Å². The third kappa shape index (κ3) is 5.08. The fraction of sp³-hybridized carbons (Fsp3) is 0.393. The fourth-order valence-electron chi connectivity index (χ4n) is 5.17. The van der Waals surface area contributed by atoms with Crippen LogP contribution in [0.25, 0.3) is 16.8 Å². The number of nitrogens with one attached hydrogen (secondary N) is 1. The molecule has 0 radical (unpaired) electrons. The third-order valence-corrected chi connectivity index (χ3v) is 8.85. The van der Waals surface area contributed by atoms with Crippen LogP contribution in [0, 0.1) is 17.5 Å². The number of ether oxygens (including phenoxy) is 1. The second kappa shape index (κ2) is 10.8. The van der Waals surface area contributed by atoms with Gasteiger partial charge in [-0.05, 0) is 91.3 Å². The first-order chi connectivity index (χ1) is 18.5. The van der Waals surface area contributed by atoms with E-state index in [1.165, 1.54) is 0 Å². The summed E-state index contributed by atoms with van der Waals surface area (Å²) in [5.74, 6) is -0.154. The third-order valence-electron chi connectivity index (χ3n) is 7.21. The van der Waals surface area contributed by atoms with Crippen LogP contribution in [-0.2, 0) is 10.3 Å². The summed E-state index contributed by atoms with van der Waals surface area (Å²) in [6, 6.07) is 4.27. The van der Waals surface area contributed by atoms with Crippen LogP contribution in [0.5, 0.6) is 0 Å². The number of amides is 1. The first-order valence-corrected chi connectivity index (χ1v) is 14.6. The largest absolute Gasteiger partial charge is 0.378 e. The number of imidazole rings is 1. The monoisotopic (exact) mass is 659 g/mol. The minimum atomic E-state index is -0.232. The zero-order valence-electron chi connectivity index (χ0n) is 23.2. The van der Waals surface area contributed by atoms with Gasteiger partial charge in [0.2, 0.25) is 0 Å². The summed E-state index contributed by atoms with van der Waals surface area (Å²) in [5, 5.41) is 7.17. The van der Waals surface area contributed by atoms with Gasteiger partial charge in [0.1, 0.15) is 3.70 Å². The van der Waals surface area contributed by atoms with Crippen LogP contribution >= 0.6 is 31.8 Å². The summed E-state index contributed by atoms with van der Waals surface area (Å²) in [7, 11) is 4.62. The van der Waals surface area contributed by atoms with Crippen molar-refractivity contribution in [3.8, 4) is 11.1 Å². The van der Waals surface area contributed by atoms with Crippen LogP contribution in [0.15, 0.2) is 36.9 Å². The molecule has 1 aromatic carbocycles. The zero-order valence-corrected chi connectivity index (χ0v) is 26.6. The van der Waals surface area contributed by atoms with E-state index < -0.39 is 0 Å². The van der Waals surface area contributed by atoms with Gasteiger partial charge in [-0.25, -0.2) is 15.4 Å². The SMILES string of the molecule is CNN(C(=O)c1cnn(C(C)(C)C)c1I)c1cc(P)c(C)c(-c2cc(N3CCOCC3)c3nccn3c2)c1C. The number of rotatable bonds is 5. The average molecular weight is 660 g/mol. The number of pyridine rings is 1. The molecule has 1 amide bonds. The molecule has 1 atom stereocenters. The number of morpholine rings is 1. The molecule has 4 heterocycles. The number of benzene rings is 1. The molecule has 1 fully saturated rings. The summed E-state index contributed by atoms with van der Waals surface area (Å²) >= 11 is 2.21. The van der Waals surface area contributed by atoms with Gasteiger partial charge in [0.25, 0.3) is 5.91 Å². The minimum absolute atomic E-state index is 0.154. The summed E-state index contributed by atoms with van der Waals surface area (Å²) in [4.78, 5) is 20.9. The van der Waals surface area contributed by atoms with Crippen molar-refractivity contribution < 1.29 is 9.53 Å². The van der Waals surface area contributed by atoms with E-state index in [1.807, 2.05) is 23.1 Å². The van der Waals surface area contributed by atoms with E-state index in [2.05, 4.69) is 104 Å². The highest BCUT2D eigenvalue weighted by Gasteiger charge is 2.28. The second-order valence-corrected chi connectivity index (χ2v) is 12.4. The summed E-state index contributed by atoms with van der Waals surface area (Å²) < 4.78 is 10.4. The van der Waals surface area contributed by atoms with Crippen LogP contribution in [0.2, 0.25) is 0 Å². The molecule has 11 heteroatoms. The molecule has 1 aliphatic heterocycles. The Labute approximate surface area is 245 Å². The van der Waals surface area contributed by atoms with E-state index in [1.54, 1.807) is 18.3 Å². The first kappa shape index (κ1) is 28.0. The molecule has 0 spiro atoms. The normalized spacial score (nSPS) is 14.3. The predicted molar refractivity (Wildman–Crippen MR) is 168 cm³/mol. The summed E-state index contributed by atoms with van der Waals surface area (Å²) in [6.07, 6.45) is 7.60. The van der Waals surface area contributed by atoms with Crippen molar-refractivity contribution in [2.45, 2.75) is 40.2 Å². The number of hydrogen-bond acceptors (Lipinski definition) is 6. The van der Waals surface area contributed by atoms with E-state index in [0.717, 1.165) is 61.4 Å². The molecule has 1 saturated heterocycles. The van der Waals surface area contributed by atoms with Gasteiger partial charge in [-0.2, -0.15) is 5.10 Å². The number of halogens is 1. The van der Waals surface area contributed by atoms with Gasteiger partial charge >= 0.3 is 0 Å². The minimum Gasteiger partial charge on any atom is -0.378 e. The molecule has 39 heavy (non-hydrogen) atoms. The number of fused-ring (bicyclic) bond motifs is 1. The number of hydrazine groups is 1. The number of nitrogens with zero attached hydrogens (tertiary/aromatic N) is 6. The van der Waals surface area contributed by atoms with Gasteiger partial charge in [0, 0.05) is 44.3 Å². The molecule has 1 unspecified atom stereocenters. The quantitative estimate of drug-likeness (QED) is 0.196. The van der Waals surface area contributed by atoms with E-state index >= 15 is 0 Å². The lowest BCUT2D eigenvalue weighted by molar-refractivity contribution is 0.0975. The van der Waals surface area contributed by atoms with Crippen LogP contribution in [0.1, 0.15) is 42.3 Å². The maximum atomic E-state index is 13.9. The number of anilines is 2. The molecular weight excluding hydrogens is 624 g/mol. The number of carbonyl (C=O) groups is 1. The summed E-state index contributed by atoms with van der Waals surface area (Å²) in [6.45, 7) is 13.5. The molecule has 1 aliphatic rings. The Balaban J connectivity index is 1.64. The van der Waals surface area contributed by atoms with Crippen molar-refractivity contribution in [1.29, 1.82) is 0 Å². The molecule has 0 aliphatic carbocycles. The van der Waals surface area contributed by atoms with Crippen LogP contribution < -0.4 is 20.6 Å². The van der Waals surface area contributed by atoms with E-state index in [0.29, 0.717) is 18.8 Å². The van der Waals surface area contributed by atoms with Gasteiger partial charge in [-0.3, -0.25) is 9.48 Å². The molecule has 3 aromatic heterocycles. The van der Waals surface area contributed by atoms with Crippen LogP contribution in [-0.4, -0.2) is 58.4 Å². The molecule has 0 bridgehead atoms. The predicted octanol–water partition coefficient (Wildman–Crippen LogP) is 4.29. The van der Waals surface area contributed by atoms with Gasteiger partial charge in [0.15, 0.2) is 5.65 Å². The van der Waals surface area contributed by atoms with E-state index in [4.69, 9.17) is 4.74 Å². The second-order valence-electron chi connectivity index (χ2n) is 10.8. The lowest BCUT2D eigenvalue weighted by Gasteiger charge is -2.30. The Bertz CT molecular complexity index is 1550. The molecule has 1 N–H and O–H groups in total. The maximum Gasteiger partial charge on any atom is 0.276 e. The number of hydrogen-bond donors (Lipinski definition) is 1. The Morgan fingerprint density at radius 2 is 1.90 bits per heavy atom. The average Bonchev–Trinajstić information content (AvgIpc) is 3.54. The lowest BCUT2D eigenvalue weighted by Crippen LogP contribution is -2.42. The first-order valence-electron chi connectivity index (χ1n) is 13.0. The van der Waals surface area contributed by atoms with Crippen LogP contribution in [0.4, 0.5) is 11.4 Å². The molecule has 4 aromatic rings. The highest BCUT2D eigenvalue weighted by molar-refractivity contribution is 14.1. The van der Waals surface area contributed by atoms with Gasteiger partial charge in [0.05, 0.1) is 41.9 Å². The molecule has 206 valence electrons. The van der Waals surface area contributed by atoms with Crippen molar-refractivity contribution in [3.63, 3.8) is 0 Å². The topological polar surface area (TPSA) is 79.9 Å². The van der Waals surface area contributed by atoms with Crippen LogP contribution in [0.3, 0.4) is 0 Å². The van der Waals surface area contributed by atoms with Crippen molar-refractivity contribution in [1.82, 2.24) is 24.6 Å². The van der Waals surface area contributed by atoms with Crippen molar-refractivity contribution in [3.05, 3.63) is 57.3 Å².